The minimum absolute atomic E-state index is 0.460. The standard InChI is InChI=1S/C14H31NO/c1-12(2)13(8-11-16-6)15-10-7-9-14(3,4)5/h12-13,15H,7-11H2,1-6H3. The van der Waals surface area contributed by atoms with Gasteiger partial charge in [0, 0.05) is 19.8 Å². The van der Waals surface area contributed by atoms with E-state index in [1.54, 1.807) is 7.11 Å². The van der Waals surface area contributed by atoms with Gasteiger partial charge < -0.3 is 10.1 Å². The van der Waals surface area contributed by atoms with Crippen LogP contribution in [0, 0.1) is 11.3 Å². The fourth-order valence-corrected chi connectivity index (χ4v) is 1.82. The third-order valence-corrected chi connectivity index (χ3v) is 2.95. The molecule has 0 fully saturated rings. The highest BCUT2D eigenvalue weighted by Crippen LogP contribution is 2.20. The molecular weight excluding hydrogens is 198 g/mol. The monoisotopic (exact) mass is 229 g/mol. The smallest absolute Gasteiger partial charge is 0.0477 e. The average molecular weight is 229 g/mol. The van der Waals surface area contributed by atoms with Gasteiger partial charge in [0.2, 0.25) is 0 Å². The molecule has 1 N–H and O–H groups in total. The van der Waals surface area contributed by atoms with Crippen molar-refractivity contribution < 1.29 is 4.74 Å². The van der Waals surface area contributed by atoms with Crippen LogP contribution in [0.1, 0.15) is 53.9 Å². The highest BCUT2D eigenvalue weighted by molar-refractivity contribution is 4.71. The van der Waals surface area contributed by atoms with Gasteiger partial charge in [-0.25, -0.2) is 0 Å². The molecule has 1 atom stereocenters. The summed E-state index contributed by atoms with van der Waals surface area (Å²) in [7, 11) is 1.77. The Bertz CT molecular complexity index is 161. The van der Waals surface area contributed by atoms with Crippen molar-refractivity contribution >= 4 is 0 Å². The number of methoxy groups -OCH3 is 1. The van der Waals surface area contributed by atoms with Crippen LogP contribution >= 0.6 is 0 Å². The molecule has 0 radical (unpaired) electrons. The summed E-state index contributed by atoms with van der Waals surface area (Å²) in [6.07, 6.45) is 3.67. The largest absolute Gasteiger partial charge is 0.385 e. The Morgan fingerprint density at radius 2 is 1.81 bits per heavy atom. The molecular formula is C14H31NO. The molecule has 0 aliphatic carbocycles. The summed E-state index contributed by atoms with van der Waals surface area (Å²) in [6, 6.07) is 0.597. The van der Waals surface area contributed by atoms with Crippen LogP contribution in [0.5, 0.6) is 0 Å². The molecule has 16 heavy (non-hydrogen) atoms. The fourth-order valence-electron chi connectivity index (χ4n) is 1.82. The van der Waals surface area contributed by atoms with E-state index >= 15 is 0 Å². The lowest BCUT2D eigenvalue weighted by molar-refractivity contribution is 0.173. The third-order valence-electron chi connectivity index (χ3n) is 2.95. The second kappa shape index (κ2) is 8.08. The van der Waals surface area contributed by atoms with Gasteiger partial charge in [-0.05, 0) is 37.1 Å². The number of nitrogens with one attached hydrogen (secondary N) is 1. The topological polar surface area (TPSA) is 21.3 Å². The summed E-state index contributed by atoms with van der Waals surface area (Å²) in [5.41, 5.74) is 0.460. The fraction of sp³-hybridized carbons (Fsp3) is 1.00. The van der Waals surface area contributed by atoms with E-state index in [9.17, 15) is 0 Å². The van der Waals surface area contributed by atoms with Crippen LogP contribution in [-0.2, 0) is 4.74 Å². The lowest BCUT2D eigenvalue weighted by Crippen LogP contribution is -2.35. The van der Waals surface area contributed by atoms with Gasteiger partial charge in [-0.3, -0.25) is 0 Å². The van der Waals surface area contributed by atoms with Crippen LogP contribution in [-0.4, -0.2) is 26.3 Å². The molecule has 0 rings (SSSR count). The van der Waals surface area contributed by atoms with E-state index in [-0.39, 0.29) is 0 Å². The van der Waals surface area contributed by atoms with Crippen molar-refractivity contribution in [3.63, 3.8) is 0 Å². The molecule has 0 heterocycles. The second-order valence-corrected chi connectivity index (χ2v) is 6.25. The van der Waals surface area contributed by atoms with Crippen molar-refractivity contribution in [2.75, 3.05) is 20.3 Å². The van der Waals surface area contributed by atoms with Crippen molar-refractivity contribution in [2.45, 2.75) is 59.9 Å². The normalized spacial score (nSPS) is 14.4. The van der Waals surface area contributed by atoms with Gasteiger partial charge in [-0.2, -0.15) is 0 Å². The van der Waals surface area contributed by atoms with E-state index in [1.807, 2.05) is 0 Å². The molecule has 0 aliphatic heterocycles. The Kier molecular flexibility index (Phi) is 8.04. The predicted molar refractivity (Wildman–Crippen MR) is 71.8 cm³/mol. The Morgan fingerprint density at radius 3 is 2.25 bits per heavy atom. The molecule has 0 amide bonds. The number of hydrogen-bond donors (Lipinski definition) is 1. The molecule has 2 heteroatoms. The summed E-state index contributed by atoms with van der Waals surface area (Å²) in [6.45, 7) is 13.4. The van der Waals surface area contributed by atoms with Gasteiger partial charge in [0.1, 0.15) is 0 Å². The summed E-state index contributed by atoms with van der Waals surface area (Å²) < 4.78 is 5.14. The Labute approximate surface area is 102 Å². The molecule has 2 nitrogen and oxygen atoms in total. The zero-order valence-electron chi connectivity index (χ0n) is 12.1. The number of hydrogen-bond acceptors (Lipinski definition) is 2. The van der Waals surface area contributed by atoms with Gasteiger partial charge >= 0.3 is 0 Å². The molecule has 0 aromatic rings. The first-order valence-electron chi connectivity index (χ1n) is 6.59. The zero-order valence-corrected chi connectivity index (χ0v) is 12.1. The third kappa shape index (κ3) is 9.17. The maximum atomic E-state index is 5.14. The summed E-state index contributed by atoms with van der Waals surface area (Å²) >= 11 is 0. The quantitative estimate of drug-likeness (QED) is 0.644. The van der Waals surface area contributed by atoms with Crippen molar-refractivity contribution in [3.8, 4) is 0 Å². The van der Waals surface area contributed by atoms with E-state index in [0.717, 1.165) is 19.6 Å². The van der Waals surface area contributed by atoms with E-state index in [1.165, 1.54) is 12.8 Å². The van der Waals surface area contributed by atoms with Crippen molar-refractivity contribution in [2.24, 2.45) is 11.3 Å². The average Bonchev–Trinajstić information content (AvgIpc) is 2.14. The Morgan fingerprint density at radius 1 is 1.19 bits per heavy atom. The minimum atomic E-state index is 0.460. The van der Waals surface area contributed by atoms with E-state index in [0.29, 0.717) is 17.4 Å². The van der Waals surface area contributed by atoms with Gasteiger partial charge in [-0.15, -0.1) is 0 Å². The summed E-state index contributed by atoms with van der Waals surface area (Å²) in [5.74, 6) is 0.685. The summed E-state index contributed by atoms with van der Waals surface area (Å²) in [5, 5.41) is 3.65. The van der Waals surface area contributed by atoms with Gasteiger partial charge in [0.25, 0.3) is 0 Å². The second-order valence-electron chi connectivity index (χ2n) is 6.25. The molecule has 0 saturated carbocycles. The van der Waals surface area contributed by atoms with Crippen LogP contribution in [0.2, 0.25) is 0 Å². The van der Waals surface area contributed by atoms with Crippen LogP contribution in [0.3, 0.4) is 0 Å². The zero-order chi connectivity index (χ0) is 12.6. The van der Waals surface area contributed by atoms with Crippen LogP contribution < -0.4 is 5.32 Å². The van der Waals surface area contributed by atoms with E-state index in [4.69, 9.17) is 4.74 Å². The van der Waals surface area contributed by atoms with E-state index < -0.39 is 0 Å². The van der Waals surface area contributed by atoms with E-state index in [2.05, 4.69) is 39.9 Å². The van der Waals surface area contributed by atoms with Crippen molar-refractivity contribution in [1.82, 2.24) is 5.32 Å². The molecule has 98 valence electrons. The van der Waals surface area contributed by atoms with Gasteiger partial charge in [0.05, 0.1) is 0 Å². The lowest BCUT2D eigenvalue weighted by Gasteiger charge is -2.23. The summed E-state index contributed by atoms with van der Waals surface area (Å²) in [4.78, 5) is 0. The van der Waals surface area contributed by atoms with Crippen molar-refractivity contribution in [1.29, 1.82) is 0 Å². The number of ether oxygens (including phenoxy) is 1. The Balaban J connectivity index is 3.68. The maximum absolute atomic E-state index is 5.14. The van der Waals surface area contributed by atoms with Crippen LogP contribution in [0.15, 0.2) is 0 Å². The first kappa shape index (κ1) is 15.9. The molecule has 0 aromatic carbocycles. The Hall–Kier alpha value is -0.0800. The molecule has 0 aliphatic rings. The lowest BCUT2D eigenvalue weighted by atomic mass is 9.90. The van der Waals surface area contributed by atoms with Gasteiger partial charge in [0.15, 0.2) is 0 Å². The van der Waals surface area contributed by atoms with Crippen LogP contribution in [0.4, 0.5) is 0 Å². The van der Waals surface area contributed by atoms with Gasteiger partial charge in [-0.1, -0.05) is 34.6 Å². The molecule has 0 saturated heterocycles. The van der Waals surface area contributed by atoms with Crippen molar-refractivity contribution in [3.05, 3.63) is 0 Å². The maximum Gasteiger partial charge on any atom is 0.0477 e. The first-order valence-corrected chi connectivity index (χ1v) is 6.59. The number of rotatable bonds is 8. The van der Waals surface area contributed by atoms with Crippen LogP contribution in [0.25, 0.3) is 0 Å². The molecule has 0 bridgehead atoms. The molecule has 0 spiro atoms. The highest BCUT2D eigenvalue weighted by Gasteiger charge is 2.13. The highest BCUT2D eigenvalue weighted by atomic mass is 16.5. The SMILES string of the molecule is COCCC(NCCCC(C)(C)C)C(C)C. The molecule has 1 unspecified atom stereocenters. The predicted octanol–water partition coefficient (Wildman–Crippen LogP) is 3.46. The minimum Gasteiger partial charge on any atom is -0.385 e. The first-order chi connectivity index (χ1) is 7.37. The molecule has 0 aromatic heterocycles.